The molecule has 1 heterocycles. The highest BCUT2D eigenvalue weighted by atomic mass is 79.9. The summed E-state index contributed by atoms with van der Waals surface area (Å²) in [6, 6.07) is 5.63. The van der Waals surface area contributed by atoms with Gasteiger partial charge in [-0.1, -0.05) is 6.07 Å². The molecular formula is C15H15BrN2O3. The monoisotopic (exact) mass is 350 g/mol. The van der Waals surface area contributed by atoms with Gasteiger partial charge in [0.2, 0.25) is 0 Å². The summed E-state index contributed by atoms with van der Waals surface area (Å²) >= 11 is 3.41. The molecule has 0 amide bonds. The third-order valence-electron chi connectivity index (χ3n) is 2.71. The van der Waals surface area contributed by atoms with Gasteiger partial charge in [0.05, 0.1) is 16.9 Å². The number of nitrogens with zero attached hydrogens (tertiary/aromatic N) is 2. The van der Waals surface area contributed by atoms with Crippen molar-refractivity contribution in [2.24, 2.45) is 0 Å². The van der Waals surface area contributed by atoms with Gasteiger partial charge in [0.15, 0.2) is 5.75 Å². The molecule has 2 aromatic rings. The summed E-state index contributed by atoms with van der Waals surface area (Å²) in [7, 11) is 0. The fraction of sp³-hybridized carbons (Fsp3) is 0.200. The minimum absolute atomic E-state index is 0.273. The molecule has 6 heteroatoms. The van der Waals surface area contributed by atoms with E-state index in [0.717, 1.165) is 16.1 Å². The van der Waals surface area contributed by atoms with Crippen LogP contribution in [0.25, 0.3) is 6.08 Å². The fourth-order valence-electron chi connectivity index (χ4n) is 1.65. The number of hydrogen-bond acceptors (Lipinski definition) is 3. The predicted molar refractivity (Wildman–Crippen MR) is 83.5 cm³/mol. The maximum Gasteiger partial charge on any atom is 0.328 e. The van der Waals surface area contributed by atoms with E-state index >= 15 is 0 Å². The lowest BCUT2D eigenvalue weighted by Gasteiger charge is -2.07. The van der Waals surface area contributed by atoms with Gasteiger partial charge >= 0.3 is 5.97 Å². The summed E-state index contributed by atoms with van der Waals surface area (Å²) in [6.07, 6.45) is 6.10. The molecule has 0 radical (unpaired) electrons. The number of aliphatic carboxylic acids is 1. The molecule has 0 unspecified atom stereocenters. The lowest BCUT2D eigenvalue weighted by atomic mass is 10.2. The Hall–Kier alpha value is -2.08. The molecule has 0 fully saturated rings. The highest BCUT2D eigenvalue weighted by Crippen LogP contribution is 2.31. The minimum atomic E-state index is -0.979. The minimum Gasteiger partial charge on any atom is -0.478 e. The Labute approximate surface area is 131 Å². The molecular weight excluding hydrogens is 336 g/mol. The molecule has 2 rings (SSSR count). The molecule has 0 saturated heterocycles. The van der Waals surface area contributed by atoms with Crippen LogP contribution >= 0.6 is 15.9 Å². The van der Waals surface area contributed by atoms with E-state index < -0.39 is 5.97 Å². The number of carboxylic acids is 1. The van der Waals surface area contributed by atoms with E-state index in [1.165, 1.54) is 6.08 Å². The normalized spacial score (nSPS) is 11.2. The Bertz CT molecular complexity index is 677. The third kappa shape index (κ3) is 4.19. The Kier molecular flexibility index (Phi) is 4.80. The lowest BCUT2D eigenvalue weighted by Crippen LogP contribution is -1.99. The summed E-state index contributed by atoms with van der Waals surface area (Å²) in [6.45, 7) is 4.08. The lowest BCUT2D eigenvalue weighted by molar-refractivity contribution is -0.131. The Morgan fingerprint density at radius 1 is 1.48 bits per heavy atom. The second-order valence-electron chi connectivity index (χ2n) is 4.71. The number of benzene rings is 1. The number of halogens is 1. The maximum absolute atomic E-state index is 10.5. The molecule has 1 aromatic carbocycles. The zero-order valence-electron chi connectivity index (χ0n) is 11.7. The van der Waals surface area contributed by atoms with Gasteiger partial charge < -0.3 is 9.84 Å². The molecule has 0 aliphatic rings. The van der Waals surface area contributed by atoms with Crippen molar-refractivity contribution >= 4 is 28.0 Å². The van der Waals surface area contributed by atoms with Crippen molar-refractivity contribution in [3.05, 3.63) is 46.7 Å². The molecule has 0 aliphatic carbocycles. The quantitative estimate of drug-likeness (QED) is 0.823. The van der Waals surface area contributed by atoms with Gasteiger partial charge in [0.25, 0.3) is 0 Å². The number of hydrogen-bond donors (Lipinski definition) is 1. The summed E-state index contributed by atoms with van der Waals surface area (Å²) < 4.78 is 8.31. The van der Waals surface area contributed by atoms with Crippen LogP contribution in [0.5, 0.6) is 11.5 Å². The number of carboxylic acid groups (broad SMARTS) is 1. The van der Waals surface area contributed by atoms with Gasteiger partial charge in [0, 0.05) is 12.1 Å². The second-order valence-corrected chi connectivity index (χ2v) is 5.57. The van der Waals surface area contributed by atoms with Crippen molar-refractivity contribution in [1.82, 2.24) is 9.78 Å². The molecule has 1 N–H and O–H groups in total. The molecule has 21 heavy (non-hydrogen) atoms. The van der Waals surface area contributed by atoms with Crippen molar-refractivity contribution in [3.8, 4) is 11.5 Å². The SMILES string of the molecule is CC(C)n1cc(Oc2ccc(/C=C/C(=O)O)cc2Br)cn1. The summed E-state index contributed by atoms with van der Waals surface area (Å²) in [4.78, 5) is 10.5. The molecule has 0 atom stereocenters. The largest absolute Gasteiger partial charge is 0.478 e. The second kappa shape index (κ2) is 6.58. The van der Waals surface area contributed by atoms with E-state index in [1.807, 2.05) is 24.7 Å². The van der Waals surface area contributed by atoms with E-state index in [0.29, 0.717) is 11.5 Å². The van der Waals surface area contributed by atoms with Crippen LogP contribution in [-0.2, 0) is 4.79 Å². The number of ether oxygens (including phenoxy) is 1. The van der Waals surface area contributed by atoms with E-state index in [1.54, 1.807) is 24.4 Å². The number of carbonyl (C=O) groups is 1. The first kappa shape index (κ1) is 15.3. The van der Waals surface area contributed by atoms with Crippen LogP contribution in [0.3, 0.4) is 0 Å². The maximum atomic E-state index is 10.5. The van der Waals surface area contributed by atoms with Crippen molar-refractivity contribution < 1.29 is 14.6 Å². The Balaban J connectivity index is 2.15. The highest BCUT2D eigenvalue weighted by molar-refractivity contribution is 9.10. The topological polar surface area (TPSA) is 64.3 Å². The van der Waals surface area contributed by atoms with Crippen molar-refractivity contribution in [2.45, 2.75) is 19.9 Å². The van der Waals surface area contributed by atoms with Crippen molar-refractivity contribution in [1.29, 1.82) is 0 Å². The van der Waals surface area contributed by atoms with Crippen LogP contribution in [0, 0.1) is 0 Å². The first-order chi connectivity index (χ1) is 9.95. The van der Waals surface area contributed by atoms with Crippen molar-refractivity contribution in [3.63, 3.8) is 0 Å². The number of rotatable bonds is 5. The van der Waals surface area contributed by atoms with Crippen LogP contribution < -0.4 is 4.74 Å². The predicted octanol–water partition coefficient (Wildman–Crippen LogP) is 4.12. The summed E-state index contributed by atoms with van der Waals surface area (Å²) in [5.74, 6) is 0.316. The standard InChI is InChI=1S/C15H15BrN2O3/c1-10(2)18-9-12(8-17-18)21-14-5-3-11(7-13(14)16)4-6-15(19)20/h3-10H,1-2H3,(H,19,20)/b6-4+. The summed E-state index contributed by atoms with van der Waals surface area (Å²) in [5, 5.41) is 12.8. The van der Waals surface area contributed by atoms with E-state index in [-0.39, 0.29) is 6.04 Å². The molecule has 0 aliphatic heterocycles. The molecule has 5 nitrogen and oxygen atoms in total. The van der Waals surface area contributed by atoms with Gasteiger partial charge in [-0.25, -0.2) is 4.79 Å². The van der Waals surface area contributed by atoms with E-state index in [4.69, 9.17) is 9.84 Å². The van der Waals surface area contributed by atoms with Crippen LogP contribution in [0.4, 0.5) is 0 Å². The van der Waals surface area contributed by atoms with E-state index in [2.05, 4.69) is 21.0 Å². The Morgan fingerprint density at radius 3 is 2.81 bits per heavy atom. The van der Waals surface area contributed by atoms with Crippen molar-refractivity contribution in [2.75, 3.05) is 0 Å². The first-order valence-corrected chi connectivity index (χ1v) is 7.17. The van der Waals surface area contributed by atoms with Gasteiger partial charge in [0.1, 0.15) is 5.75 Å². The smallest absolute Gasteiger partial charge is 0.328 e. The molecule has 0 saturated carbocycles. The van der Waals surface area contributed by atoms with E-state index in [9.17, 15) is 4.79 Å². The average Bonchev–Trinajstić information content (AvgIpc) is 2.88. The zero-order chi connectivity index (χ0) is 15.4. The average molecular weight is 351 g/mol. The molecule has 110 valence electrons. The summed E-state index contributed by atoms with van der Waals surface area (Å²) in [5.41, 5.74) is 0.773. The number of aromatic nitrogens is 2. The third-order valence-corrected chi connectivity index (χ3v) is 3.33. The molecule has 0 bridgehead atoms. The van der Waals surface area contributed by atoms with Crippen LogP contribution in [0.1, 0.15) is 25.5 Å². The Morgan fingerprint density at radius 2 is 2.24 bits per heavy atom. The van der Waals surface area contributed by atoms with Crippen LogP contribution in [0.2, 0.25) is 0 Å². The van der Waals surface area contributed by atoms with Gasteiger partial charge in [-0.3, -0.25) is 4.68 Å². The fourth-order valence-corrected chi connectivity index (χ4v) is 2.13. The van der Waals surface area contributed by atoms with Gasteiger partial charge in [-0.05, 0) is 53.5 Å². The van der Waals surface area contributed by atoms with Gasteiger partial charge in [-0.2, -0.15) is 5.10 Å². The molecule has 0 spiro atoms. The van der Waals surface area contributed by atoms with Gasteiger partial charge in [-0.15, -0.1) is 0 Å². The molecule has 1 aromatic heterocycles. The first-order valence-electron chi connectivity index (χ1n) is 6.38. The highest BCUT2D eigenvalue weighted by Gasteiger charge is 2.07. The van der Waals surface area contributed by atoms with Crippen LogP contribution in [0.15, 0.2) is 41.1 Å². The van der Waals surface area contributed by atoms with Crippen LogP contribution in [-0.4, -0.2) is 20.9 Å². The zero-order valence-corrected chi connectivity index (χ0v) is 13.2.